The number of carbonyl (C=O) groups is 9. The molecule has 0 saturated carbocycles. The molecule has 37 heteroatoms. The van der Waals surface area contributed by atoms with Gasteiger partial charge in [0.2, 0.25) is 41.6 Å². The van der Waals surface area contributed by atoms with Crippen molar-refractivity contribution in [2.24, 2.45) is 17.6 Å². The highest BCUT2D eigenvalue weighted by Crippen LogP contribution is 2.50. The fraction of sp³-hybridized carbons (Fsp3) is 0.547. The number of nitrogens with two attached hydrogens (primary N) is 1. The zero-order chi connectivity index (χ0) is 90.0. The average molecular weight is 1760 g/mol. The Kier molecular flexibility index (Phi) is 32.4. The first kappa shape index (κ1) is 95.8. The van der Waals surface area contributed by atoms with Gasteiger partial charge in [0.05, 0.1) is 40.7 Å². The van der Waals surface area contributed by atoms with Crippen LogP contribution < -0.4 is 46.5 Å². The Bertz CT molecular complexity index is 4670. The molecule has 0 radical (unpaired) electrons. The zero-order valence-corrected chi connectivity index (χ0v) is 71.9. The number of benzene rings is 5. The van der Waals surface area contributed by atoms with Crippen LogP contribution in [-0.4, -0.2) is 233 Å². The summed E-state index contributed by atoms with van der Waals surface area (Å²) in [6.07, 6.45) is -11.3. The second-order valence-electron chi connectivity index (χ2n) is 34.0. The Morgan fingerprint density at radius 2 is 1.40 bits per heavy atom. The maximum Gasteiger partial charge on any atom is 0.410 e. The van der Waals surface area contributed by atoms with Gasteiger partial charge in [-0.25, -0.2) is 9.59 Å². The minimum absolute atomic E-state index is 0.0357. The van der Waals surface area contributed by atoms with Crippen molar-refractivity contribution in [2.45, 2.75) is 255 Å². The Morgan fingerprint density at radius 3 is 2.02 bits per heavy atom. The molecule has 0 aromatic heterocycles. The number of phenols is 3. The van der Waals surface area contributed by atoms with Gasteiger partial charge in [-0.05, 0) is 144 Å². The van der Waals surface area contributed by atoms with E-state index in [4.69, 9.17) is 62.1 Å². The quantitative estimate of drug-likeness (QED) is 0.0179. The summed E-state index contributed by atoms with van der Waals surface area (Å²) < 4.78 is 45.5. The second kappa shape index (κ2) is 41.6. The van der Waals surface area contributed by atoms with Crippen LogP contribution in [0.5, 0.6) is 46.0 Å². The van der Waals surface area contributed by atoms with E-state index in [2.05, 4.69) is 33.5 Å². The van der Waals surface area contributed by atoms with Crippen LogP contribution in [0.25, 0.3) is 11.1 Å². The number of ketones is 2. The molecule has 7 aliphatic rings. The molecule has 34 nitrogen and oxygen atoms in total. The van der Waals surface area contributed by atoms with E-state index in [1.165, 1.54) is 56.3 Å². The van der Waals surface area contributed by atoms with Gasteiger partial charge >= 0.3 is 19.1 Å². The Labute approximate surface area is 722 Å². The predicted octanol–water partition coefficient (Wildman–Crippen LogP) is 7.42. The van der Waals surface area contributed by atoms with E-state index < -0.39 is 247 Å². The van der Waals surface area contributed by atoms with Crippen LogP contribution in [0.4, 0.5) is 4.79 Å². The number of ether oxygens (including phenoxy) is 7. The summed E-state index contributed by atoms with van der Waals surface area (Å²) in [6.45, 7) is 15.7. The van der Waals surface area contributed by atoms with Crippen LogP contribution in [0.3, 0.4) is 0 Å². The number of hydrogen-bond donors (Lipinski definition) is 16. The SMILES string of the molecule is CCCCCCCCCCN(CCNC1(C)CC(OC2C(Oc3c4cc5cc3Oc3ccc(cc3Cl)[C@@H](O)[C@@H](NC(=O)[C@@H](CC(C)C)N(C)C(=O)OC(C)(C)C)C(=O)C[C@@H](CC(N)=O)C(=O)N[C@H]5C(=O)C[C@H]3C(=O)N[C@@H](Cc5ccc(c(Cl)c5)O4)C(=O)N[C@H](C(=O)O)c4cc(O)cc(O)c4-c4cc3ccc4O)OC(CO)C(O)C2O)OC(C)C1O)B(C)O. The predicted molar refractivity (Wildman–Crippen MR) is 447 cm³/mol. The van der Waals surface area contributed by atoms with E-state index >= 15 is 19.2 Å². The summed E-state index contributed by atoms with van der Waals surface area (Å²) in [6, 6.07) is 5.37. The van der Waals surface area contributed by atoms with Gasteiger partial charge in [0.25, 0.3) is 0 Å². The van der Waals surface area contributed by atoms with Gasteiger partial charge in [0.15, 0.2) is 41.5 Å². The lowest BCUT2D eigenvalue weighted by atomic mass is 9.83. The number of fused-ring (bicyclic) bond motifs is 15. The lowest BCUT2D eigenvalue weighted by Crippen LogP contribution is -2.66. The third kappa shape index (κ3) is 23.8. The number of carbonyl (C=O) groups excluding carboxylic acids is 8. The summed E-state index contributed by atoms with van der Waals surface area (Å²) in [4.78, 5) is 137. The second-order valence-corrected chi connectivity index (χ2v) is 34.8. The standard InChI is InChI=1S/C86H113BCl2N8O26/c1-11-12-13-14-15-16-17-18-26-97(87(9)116)27-25-91-86(8)40-67(117-43(4)77(86)108)121-76-74(107)73(106)65(41-98)120-83(76)122-75-63-34-47-35-64(75)119-62-24-21-46(32-54(62)89)72(105)71(95-81(112)56(28-42(2)3)96(10)84(115)123-85(5,6)7)59(102)33-48(36-66(90)104)78(109)93-69(47)60(103)39-50-45-20-22-57(100)51(31-45)68-52(37-49(99)38-58(68)101)70(82(113)114)94-80(111)55(92-79(50)110)30-44-19-23-61(118-63)53(88)29-44/h19-24,29,31-32,34-35,37-38,42-43,48,50,55-56,65,67,69-74,76-77,83,91,98-101,105-108,116H,11-18,25-28,30,33,36,39-41H2,1-10H3,(H2,90,104)(H,92,110)(H,93,109)(H,94,111)(H,95,112)(H,113,114)/t43?,48-,50+,55-,56+,65?,67?,69+,70-,71-,72+,73?,74?,76?,77?,83?,86?/m0/s1. The number of unbranched alkanes of at least 4 members (excludes halogenated alkanes) is 7. The summed E-state index contributed by atoms with van der Waals surface area (Å²) >= 11 is 14.5. The molecule has 2 saturated heterocycles. The van der Waals surface area contributed by atoms with Crippen molar-refractivity contribution in [2.75, 3.05) is 33.3 Å². The molecule has 11 bridgehead atoms. The third-order valence-corrected chi connectivity index (χ3v) is 23.3. The van der Waals surface area contributed by atoms with Gasteiger partial charge in [0.1, 0.15) is 82.9 Å². The number of rotatable bonds is 27. The third-order valence-electron chi connectivity index (χ3n) is 22.7. The smallest absolute Gasteiger partial charge is 0.410 e. The van der Waals surface area contributed by atoms with Gasteiger partial charge in [-0.3, -0.25) is 38.5 Å². The topological polar surface area (TPSA) is 513 Å². The number of Topliss-reactive ketones (excluding diaryl/α,β-unsaturated/α-hetero) is 2. The summed E-state index contributed by atoms with van der Waals surface area (Å²) in [5.74, 6) is -18.4. The van der Waals surface area contributed by atoms with Crippen LogP contribution in [-0.2, 0) is 63.7 Å². The van der Waals surface area contributed by atoms with E-state index in [1.54, 1.807) is 55.3 Å². The molecule has 670 valence electrons. The van der Waals surface area contributed by atoms with Gasteiger partial charge in [-0.1, -0.05) is 107 Å². The lowest BCUT2D eigenvalue weighted by molar-refractivity contribution is -0.334. The number of nitrogens with zero attached hydrogens (tertiary/aromatic N) is 2. The molecule has 17 atom stereocenters. The minimum Gasteiger partial charge on any atom is -0.508 e. The number of carboxylic acid groups (broad SMARTS) is 1. The Balaban J connectivity index is 1.15. The molecular weight excluding hydrogens is 1640 g/mol. The number of aliphatic hydroxyl groups excluding tert-OH is 5. The van der Waals surface area contributed by atoms with Crippen LogP contribution in [0.1, 0.15) is 191 Å². The molecule has 12 rings (SSSR count). The van der Waals surface area contributed by atoms with Crippen LogP contribution in [0, 0.1) is 11.8 Å². The number of primary amides is 1. The van der Waals surface area contributed by atoms with Gasteiger partial charge in [0, 0.05) is 80.5 Å². The van der Waals surface area contributed by atoms with E-state index in [-0.39, 0.29) is 74.7 Å². The molecule has 0 aliphatic carbocycles. The monoisotopic (exact) mass is 1750 g/mol. The van der Waals surface area contributed by atoms with E-state index in [1.807, 2.05) is 4.81 Å². The number of aromatic hydroxyl groups is 3. The molecule has 0 spiro atoms. The number of likely N-dealkylation sites (N-methyl/N-ethyl adjacent to an activating group) is 1. The molecule has 2 fully saturated rings. The summed E-state index contributed by atoms with van der Waals surface area (Å²) in [7, 11) is 0.485. The Hall–Kier alpha value is -9.47. The maximum absolute atomic E-state index is 16.5. The first-order chi connectivity index (χ1) is 58.1. The molecule has 7 heterocycles. The van der Waals surface area contributed by atoms with Crippen LogP contribution in [0.2, 0.25) is 16.9 Å². The number of aliphatic hydroxyl groups is 5. The number of phenolic OH excluding ortho intramolecular Hbond substituents is 3. The van der Waals surface area contributed by atoms with Gasteiger partial charge in [-0.15, -0.1) is 0 Å². The highest BCUT2D eigenvalue weighted by Gasteiger charge is 2.52. The number of hydrogen-bond acceptors (Lipinski definition) is 27. The number of carboxylic acids is 1. The number of amides is 6. The van der Waals surface area contributed by atoms with Crippen molar-refractivity contribution in [3.63, 3.8) is 0 Å². The van der Waals surface area contributed by atoms with Gasteiger partial charge < -0.3 is 121 Å². The van der Waals surface area contributed by atoms with Crippen molar-refractivity contribution in [1.82, 2.24) is 36.3 Å². The molecule has 17 N–H and O–H groups in total. The van der Waals surface area contributed by atoms with Crippen molar-refractivity contribution in [3.05, 3.63) is 117 Å². The largest absolute Gasteiger partial charge is 0.508 e. The van der Waals surface area contributed by atoms with E-state index in [0.717, 1.165) is 85.9 Å². The fourth-order valence-electron chi connectivity index (χ4n) is 16.1. The maximum atomic E-state index is 16.5. The van der Waals surface area contributed by atoms with Crippen molar-refractivity contribution in [3.8, 4) is 57.1 Å². The number of aliphatic carboxylic acids is 1. The molecule has 5 aromatic carbocycles. The van der Waals surface area contributed by atoms with Crippen LogP contribution >= 0.6 is 23.2 Å². The highest BCUT2D eigenvalue weighted by molar-refractivity contribution is 6.45. The molecular formula is C86H113BCl2N8O26. The van der Waals surface area contributed by atoms with Crippen molar-refractivity contribution in [1.29, 1.82) is 0 Å². The summed E-state index contributed by atoms with van der Waals surface area (Å²) in [5.41, 5.74) is 1.74. The first-order valence-corrected chi connectivity index (χ1v) is 42.2. The molecule has 6 amide bonds. The summed E-state index contributed by atoms with van der Waals surface area (Å²) in [5, 5.41) is 129. The fourth-order valence-corrected chi connectivity index (χ4v) is 16.5. The number of halogens is 2. The Morgan fingerprint density at radius 1 is 0.748 bits per heavy atom. The molecule has 5 aromatic rings. The molecule has 9 unspecified atom stereocenters. The van der Waals surface area contributed by atoms with Gasteiger partial charge in [-0.2, -0.15) is 0 Å². The van der Waals surface area contributed by atoms with Crippen LogP contribution in [0.15, 0.2) is 78.9 Å². The lowest BCUT2D eigenvalue weighted by Gasteiger charge is -2.48. The van der Waals surface area contributed by atoms with Crippen molar-refractivity contribution >= 4 is 83.4 Å². The minimum atomic E-state index is -2.21. The van der Waals surface area contributed by atoms with Crippen molar-refractivity contribution < 1.29 is 127 Å². The first-order valence-electron chi connectivity index (χ1n) is 41.4. The zero-order valence-electron chi connectivity index (χ0n) is 70.4. The highest BCUT2D eigenvalue weighted by atomic mass is 35.5. The molecule has 7 aliphatic heterocycles. The van der Waals surface area contributed by atoms with E-state index in [9.17, 15) is 75.0 Å². The normalized spacial score (nSPS) is 25.9. The number of nitrogens with one attached hydrogen (secondary N) is 5. The molecule has 123 heavy (non-hydrogen) atoms. The van der Waals surface area contributed by atoms with E-state index in [0.29, 0.717) is 13.1 Å². The average Bonchev–Trinajstić information content (AvgIpc) is 0.765.